The standard InChI is InChI=1S/C25H30N8O/c1-15(2)32-22(34)19-12-27-24(28-18-8-7-16-13-31(6)14-17(16)11-18)30-21(19)33(32)20-9-10-26-23(29-20)25(3,4)5/h7-12,15H,13-14H2,1-6H3,(H,27,28,30). The van der Waals surface area contributed by atoms with Gasteiger partial charge in [0.15, 0.2) is 11.5 Å². The lowest BCUT2D eigenvalue weighted by Crippen LogP contribution is -2.25. The molecule has 9 heteroatoms. The lowest BCUT2D eigenvalue weighted by molar-refractivity contribution is 0.353. The number of nitrogens with one attached hydrogen (secondary N) is 1. The smallest absolute Gasteiger partial charge is 0.278 e. The van der Waals surface area contributed by atoms with Crippen LogP contribution >= 0.6 is 0 Å². The third-order valence-electron chi connectivity index (χ3n) is 5.98. The van der Waals surface area contributed by atoms with Gasteiger partial charge in [0.2, 0.25) is 5.95 Å². The van der Waals surface area contributed by atoms with Crippen LogP contribution in [-0.4, -0.2) is 41.2 Å². The molecule has 3 aromatic heterocycles. The molecular formula is C25H30N8O. The Bertz CT molecular complexity index is 1440. The predicted molar refractivity (Wildman–Crippen MR) is 133 cm³/mol. The number of hydrogen-bond donors (Lipinski definition) is 1. The molecule has 34 heavy (non-hydrogen) atoms. The van der Waals surface area contributed by atoms with E-state index in [2.05, 4.69) is 60.1 Å². The summed E-state index contributed by atoms with van der Waals surface area (Å²) in [6.07, 6.45) is 3.32. The number of nitrogens with zero attached hydrogens (tertiary/aromatic N) is 7. The van der Waals surface area contributed by atoms with Gasteiger partial charge in [-0.05, 0) is 44.2 Å². The minimum absolute atomic E-state index is 0.0974. The van der Waals surface area contributed by atoms with Crippen LogP contribution < -0.4 is 10.9 Å². The molecule has 0 saturated heterocycles. The second kappa shape index (κ2) is 8.02. The maximum absolute atomic E-state index is 13.3. The molecule has 1 aromatic carbocycles. The summed E-state index contributed by atoms with van der Waals surface area (Å²) in [6.45, 7) is 12.0. The molecule has 0 radical (unpaired) electrons. The molecule has 0 unspecified atom stereocenters. The van der Waals surface area contributed by atoms with Gasteiger partial charge in [0, 0.05) is 48.7 Å². The van der Waals surface area contributed by atoms with E-state index in [1.165, 1.54) is 11.1 Å². The van der Waals surface area contributed by atoms with E-state index >= 15 is 0 Å². The van der Waals surface area contributed by atoms with Crippen molar-refractivity contribution >= 4 is 22.7 Å². The fraction of sp³-hybridized carbons (Fsp3) is 0.400. The van der Waals surface area contributed by atoms with Crippen LogP contribution in [-0.2, 0) is 18.5 Å². The van der Waals surface area contributed by atoms with Crippen molar-refractivity contribution in [3.63, 3.8) is 0 Å². The molecule has 4 aromatic rings. The van der Waals surface area contributed by atoms with E-state index in [-0.39, 0.29) is 17.0 Å². The SMILES string of the molecule is CC(C)n1c(=O)c2cnc(Nc3ccc4c(c3)CN(C)C4)nc2n1-c1ccnc(C(C)(C)C)n1. The third-order valence-corrected chi connectivity index (χ3v) is 5.98. The molecular weight excluding hydrogens is 428 g/mol. The number of hydrogen-bond acceptors (Lipinski definition) is 7. The van der Waals surface area contributed by atoms with Crippen molar-refractivity contribution in [2.45, 2.75) is 59.2 Å². The Morgan fingerprint density at radius 2 is 1.79 bits per heavy atom. The summed E-state index contributed by atoms with van der Waals surface area (Å²) in [5.74, 6) is 1.73. The van der Waals surface area contributed by atoms with E-state index in [1.807, 2.05) is 19.9 Å². The first kappa shape index (κ1) is 22.2. The molecule has 0 spiro atoms. The van der Waals surface area contributed by atoms with Gasteiger partial charge in [0.05, 0.1) is 0 Å². The van der Waals surface area contributed by atoms with Crippen LogP contribution in [0.4, 0.5) is 11.6 Å². The van der Waals surface area contributed by atoms with Crippen molar-refractivity contribution in [3.8, 4) is 5.82 Å². The molecule has 0 aliphatic carbocycles. The zero-order valence-corrected chi connectivity index (χ0v) is 20.5. The van der Waals surface area contributed by atoms with E-state index in [0.717, 1.165) is 18.8 Å². The van der Waals surface area contributed by atoms with E-state index in [4.69, 9.17) is 9.97 Å². The fourth-order valence-corrected chi connectivity index (χ4v) is 4.35. The van der Waals surface area contributed by atoms with Gasteiger partial charge >= 0.3 is 0 Å². The second-order valence-corrected chi connectivity index (χ2v) is 10.3. The maximum Gasteiger partial charge on any atom is 0.278 e. The zero-order chi connectivity index (χ0) is 24.2. The van der Waals surface area contributed by atoms with Gasteiger partial charge in [-0.25, -0.2) is 24.3 Å². The van der Waals surface area contributed by atoms with Crippen molar-refractivity contribution in [1.29, 1.82) is 0 Å². The summed E-state index contributed by atoms with van der Waals surface area (Å²) < 4.78 is 3.45. The minimum atomic E-state index is -0.231. The van der Waals surface area contributed by atoms with Gasteiger partial charge in [0.1, 0.15) is 11.2 Å². The largest absolute Gasteiger partial charge is 0.324 e. The molecule has 1 aliphatic heterocycles. The van der Waals surface area contributed by atoms with Crippen LogP contribution in [0, 0.1) is 0 Å². The van der Waals surface area contributed by atoms with Crippen molar-refractivity contribution in [2.24, 2.45) is 0 Å². The third kappa shape index (κ3) is 3.86. The lowest BCUT2D eigenvalue weighted by atomic mass is 9.96. The first-order chi connectivity index (χ1) is 16.1. The molecule has 5 rings (SSSR count). The van der Waals surface area contributed by atoms with Crippen LogP contribution in [0.1, 0.15) is 57.6 Å². The molecule has 0 atom stereocenters. The Morgan fingerprint density at radius 3 is 2.53 bits per heavy atom. The Hall–Kier alpha value is -3.59. The summed E-state index contributed by atoms with van der Waals surface area (Å²) in [7, 11) is 2.11. The topological polar surface area (TPSA) is 93.8 Å². The lowest BCUT2D eigenvalue weighted by Gasteiger charge is -2.19. The highest BCUT2D eigenvalue weighted by molar-refractivity contribution is 5.77. The van der Waals surface area contributed by atoms with Crippen molar-refractivity contribution in [1.82, 2.24) is 34.2 Å². The highest BCUT2D eigenvalue weighted by Crippen LogP contribution is 2.26. The summed E-state index contributed by atoms with van der Waals surface area (Å²) >= 11 is 0. The quantitative estimate of drug-likeness (QED) is 0.495. The molecule has 0 amide bonds. The van der Waals surface area contributed by atoms with Gasteiger partial charge in [-0.15, -0.1) is 0 Å². The second-order valence-electron chi connectivity index (χ2n) is 10.3. The number of rotatable bonds is 4. The van der Waals surface area contributed by atoms with Crippen molar-refractivity contribution in [2.75, 3.05) is 12.4 Å². The molecule has 176 valence electrons. The van der Waals surface area contributed by atoms with Crippen LogP contribution in [0.3, 0.4) is 0 Å². The van der Waals surface area contributed by atoms with E-state index in [1.54, 1.807) is 27.8 Å². The number of fused-ring (bicyclic) bond motifs is 2. The van der Waals surface area contributed by atoms with Crippen molar-refractivity contribution < 1.29 is 0 Å². The predicted octanol–water partition coefficient (Wildman–Crippen LogP) is 3.94. The molecule has 0 saturated carbocycles. The van der Waals surface area contributed by atoms with Crippen LogP contribution in [0.2, 0.25) is 0 Å². The Kier molecular flexibility index (Phi) is 5.24. The summed E-state index contributed by atoms with van der Waals surface area (Å²) in [5, 5.41) is 3.76. The van der Waals surface area contributed by atoms with Gasteiger partial charge in [-0.1, -0.05) is 26.8 Å². The Labute approximate surface area is 198 Å². The van der Waals surface area contributed by atoms with Crippen molar-refractivity contribution in [3.05, 3.63) is 64.0 Å². The molecule has 1 N–H and O–H groups in total. The molecule has 4 heterocycles. The van der Waals surface area contributed by atoms with Gasteiger partial charge in [-0.2, -0.15) is 4.98 Å². The van der Waals surface area contributed by atoms with Gasteiger partial charge in [0.25, 0.3) is 5.56 Å². The van der Waals surface area contributed by atoms with E-state index in [0.29, 0.717) is 28.6 Å². The summed E-state index contributed by atoms with van der Waals surface area (Å²) in [4.78, 5) is 34.0. The minimum Gasteiger partial charge on any atom is -0.324 e. The first-order valence-corrected chi connectivity index (χ1v) is 11.5. The van der Waals surface area contributed by atoms with Crippen LogP contribution in [0.15, 0.2) is 41.5 Å². The average molecular weight is 459 g/mol. The van der Waals surface area contributed by atoms with Crippen LogP contribution in [0.25, 0.3) is 16.9 Å². The normalized spacial score (nSPS) is 14.2. The van der Waals surface area contributed by atoms with Gasteiger partial charge in [-0.3, -0.25) is 9.69 Å². The first-order valence-electron chi connectivity index (χ1n) is 11.5. The zero-order valence-electron chi connectivity index (χ0n) is 20.5. The van der Waals surface area contributed by atoms with Crippen LogP contribution in [0.5, 0.6) is 0 Å². The average Bonchev–Trinajstić information content (AvgIpc) is 3.29. The Morgan fingerprint density at radius 1 is 1.03 bits per heavy atom. The molecule has 0 bridgehead atoms. The highest BCUT2D eigenvalue weighted by atomic mass is 16.1. The van der Waals surface area contributed by atoms with Gasteiger partial charge < -0.3 is 5.32 Å². The highest BCUT2D eigenvalue weighted by Gasteiger charge is 2.23. The van der Waals surface area contributed by atoms with E-state index < -0.39 is 0 Å². The number of anilines is 2. The monoisotopic (exact) mass is 458 g/mol. The summed E-state index contributed by atoms with van der Waals surface area (Å²) in [6, 6.07) is 8.02. The molecule has 0 fully saturated rings. The Balaban J connectivity index is 1.63. The molecule has 1 aliphatic rings. The fourth-order valence-electron chi connectivity index (χ4n) is 4.35. The number of aromatic nitrogens is 6. The number of benzene rings is 1. The van der Waals surface area contributed by atoms with E-state index in [9.17, 15) is 4.79 Å². The maximum atomic E-state index is 13.3. The summed E-state index contributed by atoms with van der Waals surface area (Å²) in [5.41, 5.74) is 3.69. The molecule has 9 nitrogen and oxygen atoms in total.